The first-order chi connectivity index (χ1) is 11.9. The van der Waals surface area contributed by atoms with E-state index >= 15 is 0 Å². The van der Waals surface area contributed by atoms with Crippen molar-refractivity contribution in [3.05, 3.63) is 69.2 Å². The van der Waals surface area contributed by atoms with Crippen LogP contribution in [0.5, 0.6) is 0 Å². The first kappa shape index (κ1) is 17.5. The topological polar surface area (TPSA) is 53.4 Å². The van der Waals surface area contributed by atoms with Gasteiger partial charge in [-0.2, -0.15) is 0 Å². The number of aromatic nitrogens is 1. The molecule has 0 aliphatic rings. The average Bonchev–Trinajstić information content (AvgIpc) is 2.56. The van der Waals surface area contributed by atoms with Gasteiger partial charge in [0, 0.05) is 30.9 Å². The predicted octanol–water partition coefficient (Wildman–Crippen LogP) is 4.90. The molecule has 128 valence electrons. The van der Waals surface area contributed by atoms with Gasteiger partial charge in [-0.25, -0.2) is 9.78 Å². The SMILES string of the molecule is CN(C)c1nc2cccc(Cl)c2c(Cc2ccccc2Cl)c1C(=O)O. The Labute approximate surface area is 155 Å². The fraction of sp³-hybridized carbons (Fsp3) is 0.158. The number of pyridine rings is 1. The molecule has 0 fully saturated rings. The summed E-state index contributed by atoms with van der Waals surface area (Å²) in [4.78, 5) is 18.2. The lowest BCUT2D eigenvalue weighted by Crippen LogP contribution is -2.18. The van der Waals surface area contributed by atoms with E-state index < -0.39 is 5.97 Å². The third kappa shape index (κ3) is 3.28. The van der Waals surface area contributed by atoms with Gasteiger partial charge in [-0.3, -0.25) is 0 Å². The molecule has 0 amide bonds. The number of carboxylic acid groups (broad SMARTS) is 1. The molecule has 1 N–H and O–H groups in total. The van der Waals surface area contributed by atoms with Gasteiger partial charge in [0.05, 0.1) is 10.5 Å². The highest BCUT2D eigenvalue weighted by Crippen LogP contribution is 2.35. The number of fused-ring (bicyclic) bond motifs is 1. The van der Waals surface area contributed by atoms with Crippen LogP contribution in [0.4, 0.5) is 5.82 Å². The minimum Gasteiger partial charge on any atom is -0.478 e. The maximum Gasteiger partial charge on any atom is 0.339 e. The summed E-state index contributed by atoms with van der Waals surface area (Å²) in [5, 5.41) is 11.6. The summed E-state index contributed by atoms with van der Waals surface area (Å²) >= 11 is 12.7. The van der Waals surface area contributed by atoms with E-state index in [0.29, 0.717) is 38.8 Å². The molecular formula is C19H16Cl2N2O2. The zero-order valence-corrected chi connectivity index (χ0v) is 15.3. The summed E-state index contributed by atoms with van der Waals surface area (Å²) in [5.74, 6) is -0.649. The molecule has 0 radical (unpaired) electrons. The molecule has 0 spiro atoms. The Balaban J connectivity index is 2.38. The number of carbonyl (C=O) groups is 1. The summed E-state index contributed by atoms with van der Waals surface area (Å²) < 4.78 is 0. The zero-order chi connectivity index (χ0) is 18.1. The molecule has 0 atom stereocenters. The van der Waals surface area contributed by atoms with E-state index in [1.807, 2.05) is 24.3 Å². The lowest BCUT2D eigenvalue weighted by atomic mass is 9.95. The van der Waals surface area contributed by atoms with Gasteiger partial charge in [0.2, 0.25) is 0 Å². The maximum atomic E-state index is 12.0. The van der Waals surface area contributed by atoms with Crippen molar-refractivity contribution in [2.45, 2.75) is 6.42 Å². The summed E-state index contributed by atoms with van der Waals surface area (Å²) in [5.41, 5.74) is 2.25. The molecule has 0 aliphatic carbocycles. The van der Waals surface area contributed by atoms with E-state index in [1.165, 1.54) is 0 Å². The lowest BCUT2D eigenvalue weighted by Gasteiger charge is -2.20. The number of aromatic carboxylic acids is 1. The molecule has 4 nitrogen and oxygen atoms in total. The summed E-state index contributed by atoms with van der Waals surface area (Å²) in [7, 11) is 3.54. The number of anilines is 1. The van der Waals surface area contributed by atoms with Gasteiger partial charge in [-0.15, -0.1) is 0 Å². The molecule has 0 bridgehead atoms. The molecule has 1 heterocycles. The van der Waals surface area contributed by atoms with Crippen molar-refractivity contribution in [3.8, 4) is 0 Å². The van der Waals surface area contributed by atoms with Gasteiger partial charge in [-0.05, 0) is 29.3 Å². The van der Waals surface area contributed by atoms with Gasteiger partial charge in [0.25, 0.3) is 0 Å². The number of hydrogen-bond donors (Lipinski definition) is 1. The van der Waals surface area contributed by atoms with Gasteiger partial charge in [0.1, 0.15) is 11.4 Å². The molecular weight excluding hydrogens is 359 g/mol. The maximum absolute atomic E-state index is 12.0. The number of rotatable bonds is 4. The Morgan fingerprint density at radius 2 is 1.76 bits per heavy atom. The second-order valence-corrected chi connectivity index (χ2v) is 6.71. The van der Waals surface area contributed by atoms with E-state index in [-0.39, 0.29) is 5.56 Å². The molecule has 0 saturated heterocycles. The zero-order valence-electron chi connectivity index (χ0n) is 13.8. The van der Waals surface area contributed by atoms with Crippen LogP contribution in [0.25, 0.3) is 10.9 Å². The van der Waals surface area contributed by atoms with Crippen LogP contribution >= 0.6 is 23.2 Å². The van der Waals surface area contributed by atoms with Crippen molar-refractivity contribution < 1.29 is 9.90 Å². The first-order valence-electron chi connectivity index (χ1n) is 7.65. The van der Waals surface area contributed by atoms with Gasteiger partial charge in [-0.1, -0.05) is 47.5 Å². The van der Waals surface area contributed by atoms with Gasteiger partial charge in [0.15, 0.2) is 0 Å². The van der Waals surface area contributed by atoms with Crippen LogP contribution in [0.2, 0.25) is 10.0 Å². The Bertz CT molecular complexity index is 971. The molecule has 2 aromatic carbocycles. The minimum absolute atomic E-state index is 0.144. The molecule has 0 aliphatic heterocycles. The van der Waals surface area contributed by atoms with E-state index in [9.17, 15) is 9.90 Å². The number of benzene rings is 2. The van der Waals surface area contributed by atoms with Crippen molar-refractivity contribution in [2.75, 3.05) is 19.0 Å². The molecule has 3 aromatic rings. The van der Waals surface area contributed by atoms with Crippen LogP contribution in [-0.4, -0.2) is 30.2 Å². The Morgan fingerprint density at radius 3 is 2.40 bits per heavy atom. The highest BCUT2D eigenvalue weighted by Gasteiger charge is 2.23. The van der Waals surface area contributed by atoms with Crippen LogP contribution in [0.3, 0.4) is 0 Å². The number of halogens is 2. The second-order valence-electron chi connectivity index (χ2n) is 5.89. The van der Waals surface area contributed by atoms with Crippen LogP contribution in [0, 0.1) is 0 Å². The number of nitrogens with zero attached hydrogens (tertiary/aromatic N) is 2. The first-order valence-corrected chi connectivity index (χ1v) is 8.41. The smallest absolute Gasteiger partial charge is 0.339 e. The molecule has 25 heavy (non-hydrogen) atoms. The van der Waals surface area contributed by atoms with Crippen molar-refractivity contribution >= 4 is 45.9 Å². The normalized spacial score (nSPS) is 10.9. The average molecular weight is 375 g/mol. The fourth-order valence-electron chi connectivity index (χ4n) is 2.89. The van der Waals surface area contributed by atoms with Crippen molar-refractivity contribution in [1.82, 2.24) is 4.98 Å². The Morgan fingerprint density at radius 1 is 1.08 bits per heavy atom. The van der Waals surface area contributed by atoms with E-state index in [2.05, 4.69) is 4.98 Å². The van der Waals surface area contributed by atoms with Crippen LogP contribution in [0.15, 0.2) is 42.5 Å². The Hall–Kier alpha value is -2.30. The van der Waals surface area contributed by atoms with E-state index in [1.54, 1.807) is 37.2 Å². The summed E-state index contributed by atoms with van der Waals surface area (Å²) in [6.07, 6.45) is 0.352. The highest BCUT2D eigenvalue weighted by molar-refractivity contribution is 6.36. The highest BCUT2D eigenvalue weighted by atomic mass is 35.5. The van der Waals surface area contributed by atoms with E-state index in [4.69, 9.17) is 23.2 Å². The fourth-order valence-corrected chi connectivity index (χ4v) is 3.38. The van der Waals surface area contributed by atoms with Crippen LogP contribution in [-0.2, 0) is 6.42 Å². The predicted molar refractivity (Wildman–Crippen MR) is 102 cm³/mol. The van der Waals surface area contributed by atoms with Gasteiger partial charge < -0.3 is 10.0 Å². The largest absolute Gasteiger partial charge is 0.478 e. The third-order valence-corrected chi connectivity index (χ3v) is 4.69. The summed E-state index contributed by atoms with van der Waals surface area (Å²) in [6, 6.07) is 12.8. The minimum atomic E-state index is -1.04. The number of carboxylic acids is 1. The quantitative estimate of drug-likeness (QED) is 0.705. The Kier molecular flexibility index (Phi) is 4.84. The van der Waals surface area contributed by atoms with E-state index in [0.717, 1.165) is 5.56 Å². The second kappa shape index (κ2) is 6.90. The van der Waals surface area contributed by atoms with Crippen molar-refractivity contribution in [2.24, 2.45) is 0 Å². The molecule has 0 saturated carbocycles. The van der Waals surface area contributed by atoms with Crippen molar-refractivity contribution in [3.63, 3.8) is 0 Å². The molecule has 3 rings (SSSR count). The molecule has 0 unspecified atom stereocenters. The third-order valence-electron chi connectivity index (χ3n) is 4.01. The van der Waals surface area contributed by atoms with Crippen LogP contribution < -0.4 is 4.90 Å². The molecule has 6 heteroatoms. The number of hydrogen-bond acceptors (Lipinski definition) is 3. The standard InChI is InChI=1S/C19H16Cl2N2O2/c1-23(2)18-17(19(24)25)12(10-11-6-3-4-7-13(11)20)16-14(21)8-5-9-15(16)22-18/h3-9H,10H2,1-2H3,(H,24,25). The molecule has 1 aromatic heterocycles. The van der Waals surface area contributed by atoms with Crippen molar-refractivity contribution in [1.29, 1.82) is 0 Å². The lowest BCUT2D eigenvalue weighted by molar-refractivity contribution is 0.0696. The monoisotopic (exact) mass is 374 g/mol. The summed E-state index contributed by atoms with van der Waals surface area (Å²) in [6.45, 7) is 0. The van der Waals surface area contributed by atoms with Gasteiger partial charge >= 0.3 is 5.97 Å². The van der Waals surface area contributed by atoms with Crippen LogP contribution in [0.1, 0.15) is 21.5 Å².